The first-order valence-electron chi connectivity index (χ1n) is 6.92. The van der Waals surface area contributed by atoms with Gasteiger partial charge in [0.25, 0.3) is 5.91 Å². The minimum Gasteiger partial charge on any atom is -0.396 e. The molecule has 0 radical (unpaired) electrons. The zero-order valence-electron chi connectivity index (χ0n) is 11.7. The molecule has 1 aromatic rings. The number of rotatable bonds is 7. The molecule has 0 spiro atoms. The van der Waals surface area contributed by atoms with Gasteiger partial charge in [-0.15, -0.1) is 0 Å². The Morgan fingerprint density at radius 1 is 1.42 bits per heavy atom. The monoisotopic (exact) mass is 266 g/mol. The quantitative estimate of drug-likeness (QED) is 0.743. The Kier molecular flexibility index (Phi) is 6.33. The molecule has 0 fully saturated rings. The standard InChI is InChI=1S/C15H23FN2O/c1-3-5-7-11(4-2)10-18-15(19)12-8-6-9-13(16)14(12)17/h6,8-9,11H,3-5,7,10,17H2,1-2H3,(H,18,19). The van der Waals surface area contributed by atoms with Crippen molar-refractivity contribution >= 4 is 11.6 Å². The molecule has 3 N–H and O–H groups in total. The number of hydrogen-bond acceptors (Lipinski definition) is 2. The molecule has 0 aromatic heterocycles. The Balaban J connectivity index is 2.57. The van der Waals surface area contributed by atoms with E-state index in [1.165, 1.54) is 12.1 Å². The van der Waals surface area contributed by atoms with Gasteiger partial charge in [-0.3, -0.25) is 4.79 Å². The van der Waals surface area contributed by atoms with E-state index >= 15 is 0 Å². The fourth-order valence-corrected chi connectivity index (χ4v) is 2.01. The Morgan fingerprint density at radius 3 is 2.79 bits per heavy atom. The van der Waals surface area contributed by atoms with E-state index in [2.05, 4.69) is 19.2 Å². The van der Waals surface area contributed by atoms with E-state index in [4.69, 9.17) is 5.73 Å². The summed E-state index contributed by atoms with van der Waals surface area (Å²) in [6, 6.07) is 4.29. The second kappa shape index (κ2) is 7.77. The molecule has 3 nitrogen and oxygen atoms in total. The van der Waals surface area contributed by atoms with Gasteiger partial charge in [-0.05, 0) is 24.5 Å². The van der Waals surface area contributed by atoms with Crippen molar-refractivity contribution in [2.45, 2.75) is 39.5 Å². The summed E-state index contributed by atoms with van der Waals surface area (Å²) in [7, 11) is 0. The van der Waals surface area contributed by atoms with Crippen molar-refractivity contribution in [1.82, 2.24) is 5.32 Å². The number of nitrogens with one attached hydrogen (secondary N) is 1. The Hall–Kier alpha value is -1.58. The van der Waals surface area contributed by atoms with Crippen molar-refractivity contribution in [3.8, 4) is 0 Å². The predicted octanol–water partition coefficient (Wildman–Crippen LogP) is 3.35. The molecule has 1 aromatic carbocycles. The van der Waals surface area contributed by atoms with E-state index in [1.54, 1.807) is 6.07 Å². The number of benzene rings is 1. The van der Waals surface area contributed by atoms with Crippen LogP contribution in [-0.2, 0) is 0 Å². The molecule has 0 saturated carbocycles. The number of unbranched alkanes of at least 4 members (excludes halogenated alkanes) is 1. The highest BCUT2D eigenvalue weighted by atomic mass is 19.1. The predicted molar refractivity (Wildman–Crippen MR) is 76.5 cm³/mol. The molecule has 0 aliphatic carbocycles. The third-order valence-electron chi connectivity index (χ3n) is 3.39. The van der Waals surface area contributed by atoms with Crippen LogP contribution in [0.15, 0.2) is 18.2 Å². The fourth-order valence-electron chi connectivity index (χ4n) is 2.01. The van der Waals surface area contributed by atoms with Gasteiger partial charge in [0.15, 0.2) is 0 Å². The van der Waals surface area contributed by atoms with Crippen LogP contribution in [0.25, 0.3) is 0 Å². The minimum absolute atomic E-state index is 0.0818. The van der Waals surface area contributed by atoms with Crippen molar-refractivity contribution in [3.63, 3.8) is 0 Å². The Morgan fingerprint density at radius 2 is 2.16 bits per heavy atom. The minimum atomic E-state index is -0.550. The van der Waals surface area contributed by atoms with Crippen LogP contribution in [0.4, 0.5) is 10.1 Å². The molecule has 0 aliphatic heterocycles. The number of hydrogen-bond donors (Lipinski definition) is 2. The average molecular weight is 266 g/mol. The first-order valence-corrected chi connectivity index (χ1v) is 6.92. The summed E-state index contributed by atoms with van der Waals surface area (Å²) in [5.74, 6) is -0.378. The maximum Gasteiger partial charge on any atom is 0.253 e. The van der Waals surface area contributed by atoms with Gasteiger partial charge in [0.05, 0.1) is 11.3 Å². The summed E-state index contributed by atoms with van der Waals surface area (Å²) < 4.78 is 13.3. The van der Waals surface area contributed by atoms with Crippen LogP contribution in [0.2, 0.25) is 0 Å². The number of halogens is 1. The number of anilines is 1. The zero-order valence-corrected chi connectivity index (χ0v) is 11.7. The van der Waals surface area contributed by atoms with Gasteiger partial charge in [0.1, 0.15) is 5.82 Å². The lowest BCUT2D eigenvalue weighted by molar-refractivity contribution is 0.0946. The van der Waals surface area contributed by atoms with Crippen LogP contribution >= 0.6 is 0 Å². The van der Waals surface area contributed by atoms with E-state index < -0.39 is 5.82 Å². The van der Waals surface area contributed by atoms with Crippen molar-refractivity contribution < 1.29 is 9.18 Å². The van der Waals surface area contributed by atoms with Crippen LogP contribution < -0.4 is 11.1 Å². The SMILES string of the molecule is CCCCC(CC)CNC(=O)c1cccc(F)c1N. The highest BCUT2D eigenvalue weighted by Gasteiger charge is 2.14. The van der Waals surface area contributed by atoms with E-state index in [-0.39, 0.29) is 17.2 Å². The molecule has 0 aliphatic rings. The fraction of sp³-hybridized carbons (Fsp3) is 0.533. The lowest BCUT2D eigenvalue weighted by Crippen LogP contribution is -2.29. The van der Waals surface area contributed by atoms with Gasteiger partial charge >= 0.3 is 0 Å². The van der Waals surface area contributed by atoms with E-state index in [9.17, 15) is 9.18 Å². The molecule has 1 rings (SSSR count). The molecule has 1 atom stereocenters. The highest BCUT2D eigenvalue weighted by molar-refractivity contribution is 5.99. The van der Waals surface area contributed by atoms with E-state index in [0.29, 0.717) is 12.5 Å². The van der Waals surface area contributed by atoms with Crippen molar-refractivity contribution in [3.05, 3.63) is 29.6 Å². The molecule has 1 amide bonds. The van der Waals surface area contributed by atoms with Gasteiger partial charge in [-0.1, -0.05) is 39.2 Å². The number of carbonyl (C=O) groups excluding carboxylic acids is 1. The smallest absolute Gasteiger partial charge is 0.253 e. The van der Waals surface area contributed by atoms with E-state index in [0.717, 1.165) is 25.7 Å². The molecule has 0 bridgehead atoms. The van der Waals surface area contributed by atoms with Crippen molar-refractivity contribution in [2.24, 2.45) is 5.92 Å². The third kappa shape index (κ3) is 4.54. The summed E-state index contributed by atoms with van der Waals surface area (Å²) >= 11 is 0. The van der Waals surface area contributed by atoms with Gasteiger partial charge < -0.3 is 11.1 Å². The molecule has 1 unspecified atom stereocenters. The van der Waals surface area contributed by atoms with Crippen LogP contribution in [0.1, 0.15) is 49.9 Å². The Bertz CT molecular complexity index is 421. The number of nitrogen functional groups attached to an aromatic ring is 1. The maximum atomic E-state index is 13.3. The van der Waals surface area contributed by atoms with Crippen molar-refractivity contribution in [1.29, 1.82) is 0 Å². The average Bonchev–Trinajstić information content (AvgIpc) is 2.42. The van der Waals surface area contributed by atoms with Crippen LogP contribution in [0.3, 0.4) is 0 Å². The van der Waals surface area contributed by atoms with Crippen LogP contribution in [0.5, 0.6) is 0 Å². The number of para-hydroxylation sites is 1. The summed E-state index contributed by atoms with van der Waals surface area (Å²) in [6.45, 7) is 4.88. The van der Waals surface area contributed by atoms with Crippen LogP contribution in [-0.4, -0.2) is 12.5 Å². The lowest BCUT2D eigenvalue weighted by atomic mass is 9.99. The number of amides is 1. The molecule has 106 valence electrons. The van der Waals surface area contributed by atoms with Gasteiger partial charge in [0.2, 0.25) is 0 Å². The number of nitrogens with two attached hydrogens (primary N) is 1. The molecule has 0 heterocycles. The summed E-state index contributed by atoms with van der Waals surface area (Å²) in [5.41, 5.74) is 5.70. The van der Waals surface area contributed by atoms with Crippen molar-refractivity contribution in [2.75, 3.05) is 12.3 Å². The molecule has 4 heteroatoms. The maximum absolute atomic E-state index is 13.3. The van der Waals surface area contributed by atoms with Gasteiger partial charge in [-0.25, -0.2) is 4.39 Å². The molecular formula is C15H23FN2O. The first kappa shape index (κ1) is 15.5. The van der Waals surface area contributed by atoms with Gasteiger partial charge in [0, 0.05) is 6.54 Å². The lowest BCUT2D eigenvalue weighted by Gasteiger charge is -2.15. The zero-order chi connectivity index (χ0) is 14.3. The highest BCUT2D eigenvalue weighted by Crippen LogP contribution is 2.16. The first-order chi connectivity index (χ1) is 9.10. The molecular weight excluding hydrogens is 243 g/mol. The second-order valence-electron chi connectivity index (χ2n) is 4.83. The topological polar surface area (TPSA) is 55.1 Å². The largest absolute Gasteiger partial charge is 0.396 e. The number of carbonyl (C=O) groups is 1. The van der Waals surface area contributed by atoms with Crippen LogP contribution in [0, 0.1) is 11.7 Å². The summed E-state index contributed by atoms with van der Waals surface area (Å²) in [6.07, 6.45) is 4.45. The second-order valence-corrected chi connectivity index (χ2v) is 4.83. The summed E-state index contributed by atoms with van der Waals surface area (Å²) in [4.78, 5) is 12.0. The molecule has 19 heavy (non-hydrogen) atoms. The third-order valence-corrected chi connectivity index (χ3v) is 3.39. The molecule has 0 saturated heterocycles. The van der Waals surface area contributed by atoms with Gasteiger partial charge in [-0.2, -0.15) is 0 Å². The van der Waals surface area contributed by atoms with E-state index in [1.807, 2.05) is 0 Å². The normalized spacial score (nSPS) is 12.2. The summed E-state index contributed by atoms with van der Waals surface area (Å²) in [5, 5.41) is 2.84. The Labute approximate surface area is 114 Å².